The van der Waals surface area contributed by atoms with Crippen molar-refractivity contribution in [3.8, 4) is 0 Å². The van der Waals surface area contributed by atoms with E-state index in [0.29, 0.717) is 25.5 Å². The van der Waals surface area contributed by atoms with Crippen molar-refractivity contribution in [2.75, 3.05) is 31.1 Å². The van der Waals surface area contributed by atoms with Gasteiger partial charge in [-0.3, -0.25) is 4.90 Å². The number of halogens is 3. The molecular formula is C17H17F3N6. The Balaban J connectivity index is 1.39. The van der Waals surface area contributed by atoms with E-state index in [4.69, 9.17) is 0 Å². The predicted molar refractivity (Wildman–Crippen MR) is 89.7 cm³/mol. The van der Waals surface area contributed by atoms with Crippen LogP contribution in [0.15, 0.2) is 43.0 Å². The summed E-state index contributed by atoms with van der Waals surface area (Å²) < 4.78 is 40.4. The molecule has 4 heterocycles. The summed E-state index contributed by atoms with van der Waals surface area (Å²) in [6, 6.07) is 6.86. The molecule has 3 aromatic rings. The van der Waals surface area contributed by atoms with E-state index < -0.39 is 11.9 Å². The summed E-state index contributed by atoms with van der Waals surface area (Å²) >= 11 is 0. The summed E-state index contributed by atoms with van der Waals surface area (Å²) in [5.74, 6) is 0.319. The molecule has 0 bridgehead atoms. The molecule has 6 nitrogen and oxygen atoms in total. The van der Waals surface area contributed by atoms with Crippen molar-refractivity contribution in [1.82, 2.24) is 24.3 Å². The Hall–Kier alpha value is -2.68. The molecule has 0 atom stereocenters. The Kier molecular flexibility index (Phi) is 4.23. The van der Waals surface area contributed by atoms with Gasteiger partial charge in [0.2, 0.25) is 0 Å². The van der Waals surface area contributed by atoms with Gasteiger partial charge in [0.05, 0.1) is 5.69 Å². The zero-order valence-electron chi connectivity index (χ0n) is 13.9. The van der Waals surface area contributed by atoms with Crippen LogP contribution in [0.1, 0.15) is 11.4 Å². The van der Waals surface area contributed by atoms with Crippen LogP contribution in [0.3, 0.4) is 0 Å². The summed E-state index contributed by atoms with van der Waals surface area (Å²) in [4.78, 5) is 16.0. The maximum Gasteiger partial charge on any atom is 0.433 e. The SMILES string of the molecule is FC(F)(F)c1cc(N2CCN(Cc3cn4ccccc4n3)CC2)ncn1. The van der Waals surface area contributed by atoms with Gasteiger partial charge in [0, 0.05) is 51.2 Å². The van der Waals surface area contributed by atoms with Crippen LogP contribution in [0.4, 0.5) is 19.0 Å². The van der Waals surface area contributed by atoms with Gasteiger partial charge in [-0.2, -0.15) is 13.2 Å². The summed E-state index contributed by atoms with van der Waals surface area (Å²) in [5, 5.41) is 0. The second-order valence-electron chi connectivity index (χ2n) is 6.22. The molecule has 4 rings (SSSR count). The Morgan fingerprint density at radius 1 is 1.04 bits per heavy atom. The standard InChI is InChI=1S/C17H17F3N6/c18-17(19,20)14-9-16(22-12-21-14)25-7-5-24(6-8-25)10-13-11-26-4-2-1-3-15(26)23-13/h1-4,9,11-12H,5-8,10H2. The van der Waals surface area contributed by atoms with E-state index in [-0.39, 0.29) is 0 Å². The van der Waals surface area contributed by atoms with Crippen LogP contribution < -0.4 is 4.90 Å². The number of nitrogens with zero attached hydrogens (tertiary/aromatic N) is 6. The molecular weight excluding hydrogens is 345 g/mol. The van der Waals surface area contributed by atoms with Crippen LogP contribution in [0, 0.1) is 0 Å². The van der Waals surface area contributed by atoms with Crippen LogP contribution in [0.5, 0.6) is 0 Å². The van der Waals surface area contributed by atoms with Crippen molar-refractivity contribution in [2.24, 2.45) is 0 Å². The Morgan fingerprint density at radius 3 is 2.58 bits per heavy atom. The zero-order valence-corrected chi connectivity index (χ0v) is 13.9. The van der Waals surface area contributed by atoms with Gasteiger partial charge in [-0.25, -0.2) is 15.0 Å². The molecule has 1 fully saturated rings. The van der Waals surface area contributed by atoms with E-state index in [2.05, 4.69) is 19.9 Å². The quantitative estimate of drug-likeness (QED) is 0.716. The molecule has 0 unspecified atom stereocenters. The lowest BCUT2D eigenvalue weighted by Crippen LogP contribution is -2.46. The summed E-state index contributed by atoms with van der Waals surface area (Å²) in [5.41, 5.74) is 0.975. The minimum absolute atomic E-state index is 0.319. The number of hydrogen-bond acceptors (Lipinski definition) is 5. The number of pyridine rings is 1. The number of imidazole rings is 1. The molecule has 1 aliphatic heterocycles. The molecule has 0 saturated carbocycles. The largest absolute Gasteiger partial charge is 0.433 e. The number of anilines is 1. The van der Waals surface area contributed by atoms with E-state index in [1.807, 2.05) is 39.9 Å². The molecule has 0 aromatic carbocycles. The molecule has 1 aliphatic rings. The van der Waals surface area contributed by atoms with Gasteiger partial charge in [-0.15, -0.1) is 0 Å². The second-order valence-corrected chi connectivity index (χ2v) is 6.22. The first kappa shape index (κ1) is 16.8. The first-order valence-electron chi connectivity index (χ1n) is 8.28. The predicted octanol–water partition coefficient (Wildman–Crippen LogP) is 2.47. The fraction of sp³-hybridized carbons (Fsp3) is 0.353. The van der Waals surface area contributed by atoms with Crippen molar-refractivity contribution in [1.29, 1.82) is 0 Å². The molecule has 3 aromatic heterocycles. The third kappa shape index (κ3) is 3.48. The van der Waals surface area contributed by atoms with E-state index in [1.54, 1.807) is 0 Å². The van der Waals surface area contributed by atoms with E-state index >= 15 is 0 Å². The van der Waals surface area contributed by atoms with E-state index in [9.17, 15) is 13.2 Å². The van der Waals surface area contributed by atoms with Gasteiger partial charge in [-0.1, -0.05) is 6.07 Å². The topological polar surface area (TPSA) is 49.6 Å². The number of aromatic nitrogens is 4. The minimum Gasteiger partial charge on any atom is -0.354 e. The number of piperazine rings is 1. The maximum absolute atomic E-state index is 12.8. The van der Waals surface area contributed by atoms with Crippen LogP contribution in [0.2, 0.25) is 0 Å². The smallest absolute Gasteiger partial charge is 0.354 e. The molecule has 26 heavy (non-hydrogen) atoms. The first-order valence-corrected chi connectivity index (χ1v) is 8.28. The van der Waals surface area contributed by atoms with Gasteiger partial charge < -0.3 is 9.30 Å². The summed E-state index contributed by atoms with van der Waals surface area (Å²) in [7, 11) is 0. The molecule has 0 radical (unpaired) electrons. The summed E-state index contributed by atoms with van der Waals surface area (Å²) in [6.45, 7) is 3.41. The first-order chi connectivity index (χ1) is 12.5. The highest BCUT2D eigenvalue weighted by molar-refractivity contribution is 5.41. The highest BCUT2D eigenvalue weighted by Crippen LogP contribution is 2.29. The average Bonchev–Trinajstić information content (AvgIpc) is 3.04. The molecule has 0 spiro atoms. The van der Waals surface area contributed by atoms with Crippen LogP contribution in [0.25, 0.3) is 5.65 Å². The van der Waals surface area contributed by atoms with Crippen molar-refractivity contribution in [2.45, 2.75) is 12.7 Å². The lowest BCUT2D eigenvalue weighted by atomic mass is 10.2. The van der Waals surface area contributed by atoms with Gasteiger partial charge in [0.15, 0.2) is 0 Å². The second kappa shape index (κ2) is 6.56. The lowest BCUT2D eigenvalue weighted by Gasteiger charge is -2.35. The minimum atomic E-state index is -4.46. The van der Waals surface area contributed by atoms with E-state index in [0.717, 1.165) is 36.8 Å². The highest BCUT2D eigenvalue weighted by atomic mass is 19.4. The van der Waals surface area contributed by atoms with Crippen LogP contribution >= 0.6 is 0 Å². The molecule has 136 valence electrons. The summed E-state index contributed by atoms with van der Waals surface area (Å²) in [6.07, 6.45) is 0.475. The van der Waals surface area contributed by atoms with Crippen molar-refractivity contribution in [3.63, 3.8) is 0 Å². The number of hydrogen-bond donors (Lipinski definition) is 0. The van der Waals surface area contributed by atoms with Gasteiger partial charge in [-0.05, 0) is 12.1 Å². The van der Waals surface area contributed by atoms with Gasteiger partial charge in [0.1, 0.15) is 23.5 Å². The maximum atomic E-state index is 12.8. The van der Waals surface area contributed by atoms with Gasteiger partial charge >= 0.3 is 6.18 Å². The van der Waals surface area contributed by atoms with E-state index in [1.165, 1.54) is 0 Å². The number of fused-ring (bicyclic) bond motifs is 1. The van der Waals surface area contributed by atoms with Crippen molar-refractivity contribution < 1.29 is 13.2 Å². The van der Waals surface area contributed by atoms with Crippen molar-refractivity contribution >= 4 is 11.5 Å². The molecule has 0 N–H and O–H groups in total. The third-order valence-electron chi connectivity index (χ3n) is 4.44. The fourth-order valence-corrected chi connectivity index (χ4v) is 3.10. The molecule has 0 amide bonds. The Bertz CT molecular complexity index is 866. The lowest BCUT2D eigenvalue weighted by molar-refractivity contribution is -0.141. The zero-order chi connectivity index (χ0) is 18.1. The Morgan fingerprint density at radius 2 is 1.85 bits per heavy atom. The monoisotopic (exact) mass is 362 g/mol. The normalized spacial score (nSPS) is 16.3. The average molecular weight is 362 g/mol. The molecule has 0 aliphatic carbocycles. The number of rotatable bonds is 3. The fourth-order valence-electron chi connectivity index (χ4n) is 3.10. The highest BCUT2D eigenvalue weighted by Gasteiger charge is 2.33. The van der Waals surface area contributed by atoms with Gasteiger partial charge in [0.25, 0.3) is 0 Å². The number of alkyl halides is 3. The van der Waals surface area contributed by atoms with Crippen LogP contribution in [-0.4, -0.2) is 50.4 Å². The molecule has 1 saturated heterocycles. The third-order valence-corrected chi connectivity index (χ3v) is 4.44. The molecule has 9 heteroatoms. The van der Waals surface area contributed by atoms with Crippen molar-refractivity contribution in [3.05, 3.63) is 54.4 Å². The Labute approximate surface area is 147 Å². The van der Waals surface area contributed by atoms with Crippen LogP contribution in [-0.2, 0) is 12.7 Å².